The molecule has 1 aromatic carbocycles. The third kappa shape index (κ3) is 5.21. The Kier molecular flexibility index (Phi) is 5.39. The maximum atomic E-state index is 12.0. The van der Waals surface area contributed by atoms with Crippen molar-refractivity contribution in [3.63, 3.8) is 0 Å². The van der Waals surface area contributed by atoms with Crippen LogP contribution in [0.1, 0.15) is 33.3 Å². The predicted octanol–water partition coefficient (Wildman–Crippen LogP) is 3.50. The Morgan fingerprint density at radius 1 is 1.37 bits per heavy atom. The molecule has 0 fully saturated rings. The van der Waals surface area contributed by atoms with E-state index < -0.39 is 5.60 Å². The molecule has 0 saturated heterocycles. The zero-order valence-corrected chi connectivity index (χ0v) is 13.0. The fourth-order valence-electron chi connectivity index (χ4n) is 1.60. The summed E-state index contributed by atoms with van der Waals surface area (Å²) in [7, 11) is 1.89. The maximum Gasteiger partial charge on any atom is 0.323 e. The highest BCUT2D eigenvalue weighted by Crippen LogP contribution is 2.18. The first-order chi connectivity index (χ1) is 8.70. The molecule has 0 spiro atoms. The van der Waals surface area contributed by atoms with Gasteiger partial charge in [-0.2, -0.15) is 0 Å². The van der Waals surface area contributed by atoms with Gasteiger partial charge in [0.2, 0.25) is 0 Å². The van der Waals surface area contributed by atoms with Crippen molar-refractivity contribution in [2.75, 3.05) is 7.05 Å². The second-order valence-electron chi connectivity index (χ2n) is 5.72. The van der Waals surface area contributed by atoms with E-state index in [0.717, 1.165) is 5.56 Å². The van der Waals surface area contributed by atoms with E-state index in [-0.39, 0.29) is 12.0 Å². The Balaban J connectivity index is 2.65. The van der Waals surface area contributed by atoms with E-state index in [1.54, 1.807) is 0 Å². The van der Waals surface area contributed by atoms with E-state index in [1.807, 2.05) is 63.9 Å². The number of hydrogen-bond donors (Lipinski definition) is 0. The topological polar surface area (TPSA) is 29.5 Å². The molecule has 4 heteroatoms. The van der Waals surface area contributed by atoms with E-state index >= 15 is 0 Å². The molecular formula is C15H22ClNO2. The molecule has 1 atom stereocenters. The molecule has 0 saturated carbocycles. The lowest BCUT2D eigenvalue weighted by Gasteiger charge is -2.27. The van der Waals surface area contributed by atoms with Crippen molar-refractivity contribution in [2.24, 2.45) is 0 Å². The van der Waals surface area contributed by atoms with Gasteiger partial charge >= 0.3 is 5.97 Å². The van der Waals surface area contributed by atoms with E-state index in [4.69, 9.17) is 16.3 Å². The van der Waals surface area contributed by atoms with Gasteiger partial charge in [-0.3, -0.25) is 9.69 Å². The van der Waals surface area contributed by atoms with Gasteiger partial charge in [0.1, 0.15) is 11.6 Å². The summed E-state index contributed by atoms with van der Waals surface area (Å²) in [6.07, 6.45) is 0. The molecule has 0 radical (unpaired) electrons. The molecule has 3 nitrogen and oxygen atoms in total. The SMILES string of the molecule is CC(C(=O)OC(C)(C)C)N(C)Cc1ccccc1Cl. The van der Waals surface area contributed by atoms with Crippen molar-refractivity contribution in [1.82, 2.24) is 4.90 Å². The molecule has 0 bridgehead atoms. The molecule has 0 aliphatic rings. The molecule has 19 heavy (non-hydrogen) atoms. The minimum Gasteiger partial charge on any atom is -0.459 e. The smallest absolute Gasteiger partial charge is 0.323 e. The molecular weight excluding hydrogens is 262 g/mol. The standard InChI is InChI=1S/C15H22ClNO2/c1-11(14(18)19-15(2,3)4)17(5)10-12-8-6-7-9-13(12)16/h6-9,11H,10H2,1-5H3. The van der Waals surface area contributed by atoms with Crippen LogP contribution in [0.3, 0.4) is 0 Å². The molecule has 0 aliphatic heterocycles. The number of esters is 1. The van der Waals surface area contributed by atoms with Crippen molar-refractivity contribution in [2.45, 2.75) is 45.9 Å². The molecule has 106 valence electrons. The van der Waals surface area contributed by atoms with Gasteiger partial charge in [0.05, 0.1) is 0 Å². The van der Waals surface area contributed by atoms with Crippen LogP contribution in [0.2, 0.25) is 5.02 Å². The van der Waals surface area contributed by atoms with Gasteiger partial charge in [-0.25, -0.2) is 0 Å². The molecule has 0 aliphatic carbocycles. The van der Waals surface area contributed by atoms with Crippen molar-refractivity contribution < 1.29 is 9.53 Å². The second-order valence-corrected chi connectivity index (χ2v) is 6.12. The minimum absolute atomic E-state index is 0.220. The average molecular weight is 284 g/mol. The fraction of sp³-hybridized carbons (Fsp3) is 0.533. The lowest BCUT2D eigenvalue weighted by molar-refractivity contribution is -0.160. The Bertz CT molecular complexity index is 440. The number of hydrogen-bond acceptors (Lipinski definition) is 3. The van der Waals surface area contributed by atoms with E-state index in [1.165, 1.54) is 0 Å². The van der Waals surface area contributed by atoms with Gasteiger partial charge in [0.25, 0.3) is 0 Å². The van der Waals surface area contributed by atoms with Crippen LogP contribution in [0.25, 0.3) is 0 Å². The van der Waals surface area contributed by atoms with Crippen LogP contribution in [0.5, 0.6) is 0 Å². The van der Waals surface area contributed by atoms with Gasteiger partial charge in [-0.1, -0.05) is 29.8 Å². The molecule has 0 aromatic heterocycles. The maximum absolute atomic E-state index is 12.0. The van der Waals surface area contributed by atoms with Crippen LogP contribution in [-0.2, 0) is 16.1 Å². The Labute approximate surface area is 120 Å². The van der Waals surface area contributed by atoms with Gasteiger partial charge < -0.3 is 4.74 Å². The summed E-state index contributed by atoms with van der Waals surface area (Å²) in [6.45, 7) is 8.05. The fourth-order valence-corrected chi connectivity index (χ4v) is 1.79. The highest BCUT2D eigenvalue weighted by Gasteiger charge is 2.24. The highest BCUT2D eigenvalue weighted by atomic mass is 35.5. The lowest BCUT2D eigenvalue weighted by Crippen LogP contribution is -2.40. The summed E-state index contributed by atoms with van der Waals surface area (Å²) >= 11 is 6.12. The predicted molar refractivity (Wildman–Crippen MR) is 78.2 cm³/mol. The first-order valence-electron chi connectivity index (χ1n) is 6.37. The monoisotopic (exact) mass is 283 g/mol. The van der Waals surface area contributed by atoms with Crippen LogP contribution in [0, 0.1) is 0 Å². The third-order valence-electron chi connectivity index (χ3n) is 2.79. The zero-order valence-electron chi connectivity index (χ0n) is 12.2. The summed E-state index contributed by atoms with van der Waals surface area (Å²) in [5, 5.41) is 0.714. The van der Waals surface area contributed by atoms with Gasteiger partial charge in [-0.05, 0) is 46.4 Å². The second kappa shape index (κ2) is 6.40. The molecule has 1 rings (SSSR count). The lowest BCUT2D eigenvalue weighted by atomic mass is 10.1. The normalized spacial score (nSPS) is 13.4. The first-order valence-corrected chi connectivity index (χ1v) is 6.75. The highest BCUT2D eigenvalue weighted by molar-refractivity contribution is 6.31. The van der Waals surface area contributed by atoms with Crippen molar-refractivity contribution in [3.8, 4) is 0 Å². The summed E-state index contributed by atoms with van der Waals surface area (Å²) in [5.41, 5.74) is 0.540. The molecule has 1 unspecified atom stereocenters. The van der Waals surface area contributed by atoms with Crippen molar-refractivity contribution >= 4 is 17.6 Å². The Morgan fingerprint density at radius 3 is 2.47 bits per heavy atom. The van der Waals surface area contributed by atoms with Crippen LogP contribution >= 0.6 is 11.6 Å². The molecule has 0 N–H and O–H groups in total. The average Bonchev–Trinajstić information content (AvgIpc) is 2.28. The molecule has 0 heterocycles. The number of ether oxygens (including phenoxy) is 1. The zero-order chi connectivity index (χ0) is 14.6. The molecule has 0 amide bonds. The van der Waals surface area contributed by atoms with E-state index in [9.17, 15) is 4.79 Å². The van der Waals surface area contributed by atoms with Crippen LogP contribution in [0.15, 0.2) is 24.3 Å². The number of carbonyl (C=O) groups is 1. The van der Waals surface area contributed by atoms with Gasteiger partial charge in [-0.15, -0.1) is 0 Å². The number of nitrogens with zero attached hydrogens (tertiary/aromatic N) is 1. The largest absolute Gasteiger partial charge is 0.459 e. The summed E-state index contributed by atoms with van der Waals surface area (Å²) < 4.78 is 5.37. The number of likely N-dealkylation sites (N-methyl/N-ethyl adjacent to an activating group) is 1. The first kappa shape index (κ1) is 16.0. The van der Waals surface area contributed by atoms with Crippen LogP contribution < -0.4 is 0 Å². The Hall–Kier alpha value is -1.06. The summed E-state index contributed by atoms with van der Waals surface area (Å²) in [5.74, 6) is -0.220. The van der Waals surface area contributed by atoms with Gasteiger partial charge in [0.15, 0.2) is 0 Å². The summed E-state index contributed by atoms with van der Waals surface area (Å²) in [4.78, 5) is 13.9. The van der Waals surface area contributed by atoms with Gasteiger partial charge in [0, 0.05) is 11.6 Å². The number of rotatable bonds is 4. The summed E-state index contributed by atoms with van der Waals surface area (Å²) in [6, 6.07) is 7.33. The third-order valence-corrected chi connectivity index (χ3v) is 3.16. The van der Waals surface area contributed by atoms with Crippen molar-refractivity contribution in [1.29, 1.82) is 0 Å². The number of halogens is 1. The molecule has 1 aromatic rings. The van der Waals surface area contributed by atoms with Crippen LogP contribution in [0.4, 0.5) is 0 Å². The van der Waals surface area contributed by atoms with E-state index in [0.29, 0.717) is 11.6 Å². The van der Waals surface area contributed by atoms with Crippen molar-refractivity contribution in [3.05, 3.63) is 34.9 Å². The van der Waals surface area contributed by atoms with Crippen LogP contribution in [-0.4, -0.2) is 29.6 Å². The Morgan fingerprint density at radius 2 is 1.95 bits per heavy atom. The number of carbonyl (C=O) groups excluding carboxylic acids is 1. The van der Waals surface area contributed by atoms with E-state index in [2.05, 4.69) is 0 Å². The number of benzene rings is 1. The quantitative estimate of drug-likeness (QED) is 0.792. The minimum atomic E-state index is -0.462.